The van der Waals surface area contributed by atoms with Gasteiger partial charge in [0.2, 0.25) is 0 Å². The van der Waals surface area contributed by atoms with Crippen molar-refractivity contribution < 1.29 is 80.2 Å². The number of unbranched alkanes of at least 4 members (excludes halogenated alkanes) is 53. The van der Waals surface area contributed by atoms with Crippen LogP contribution >= 0.6 is 15.6 Å². The average molecular weight is 1520 g/mol. The van der Waals surface area contributed by atoms with Gasteiger partial charge in [0.1, 0.15) is 19.3 Å². The van der Waals surface area contributed by atoms with Crippen molar-refractivity contribution in [1.29, 1.82) is 0 Å². The lowest BCUT2D eigenvalue weighted by molar-refractivity contribution is -0.161. The molecule has 0 fully saturated rings. The average Bonchev–Trinajstić information content (AvgIpc) is 0.911. The standard InChI is InChI=1S/C85H166O17P2/c1-7-10-12-14-16-18-20-21-22-28-33-39-45-51-57-63-69-84(89)101-80(73-95-82(87)67-61-55-49-43-19-17-15-13-11-8-2)75-99-103(91,92)97-71-79(86)72-98-104(93,94)100-76-81(74-96-83(88)68-62-56-50-44-38-35-30-31-36-41-47-53-59-65-77(4)5)102-85(90)70-64-58-52-46-40-34-29-26-24-23-25-27-32-37-42-48-54-60-66-78(6)9-3/h77-81,86H,7-76H2,1-6H3,(H,91,92)(H,93,94)/t78?,79-,80+,81+/m0/s1. The fourth-order valence-corrected chi connectivity index (χ4v) is 14.8. The summed E-state index contributed by atoms with van der Waals surface area (Å²) in [6, 6.07) is 0. The molecule has 0 aromatic rings. The van der Waals surface area contributed by atoms with Crippen molar-refractivity contribution in [3.8, 4) is 0 Å². The molecule has 0 heterocycles. The molecule has 6 atom stereocenters. The summed E-state index contributed by atoms with van der Waals surface area (Å²) in [7, 11) is -9.92. The van der Waals surface area contributed by atoms with Crippen LogP contribution in [0.4, 0.5) is 0 Å². The highest BCUT2D eigenvalue weighted by atomic mass is 31.2. The predicted molar refractivity (Wildman–Crippen MR) is 428 cm³/mol. The van der Waals surface area contributed by atoms with Crippen LogP contribution in [0.3, 0.4) is 0 Å². The third kappa shape index (κ3) is 76.8. The third-order valence-electron chi connectivity index (χ3n) is 20.3. The molecule has 0 saturated heterocycles. The molecule has 17 nitrogen and oxygen atoms in total. The van der Waals surface area contributed by atoms with Crippen molar-refractivity contribution in [3.63, 3.8) is 0 Å². The Labute approximate surface area is 638 Å². The van der Waals surface area contributed by atoms with Crippen LogP contribution in [0.15, 0.2) is 0 Å². The Hall–Kier alpha value is -1.94. The van der Waals surface area contributed by atoms with E-state index < -0.39 is 97.5 Å². The third-order valence-corrected chi connectivity index (χ3v) is 22.2. The Morgan fingerprint density at radius 2 is 0.490 bits per heavy atom. The Balaban J connectivity index is 5.22. The molecule has 3 N–H and O–H groups in total. The van der Waals surface area contributed by atoms with E-state index in [0.29, 0.717) is 25.7 Å². The number of aliphatic hydroxyl groups is 1. The number of carbonyl (C=O) groups is 4. The van der Waals surface area contributed by atoms with Gasteiger partial charge in [-0.15, -0.1) is 0 Å². The van der Waals surface area contributed by atoms with Gasteiger partial charge in [0.25, 0.3) is 0 Å². The van der Waals surface area contributed by atoms with Gasteiger partial charge in [0.15, 0.2) is 12.2 Å². The minimum Gasteiger partial charge on any atom is -0.462 e. The van der Waals surface area contributed by atoms with Gasteiger partial charge in [-0.1, -0.05) is 401 Å². The van der Waals surface area contributed by atoms with Gasteiger partial charge in [0, 0.05) is 25.7 Å². The van der Waals surface area contributed by atoms with E-state index in [1.54, 1.807) is 0 Å². The molecule has 0 radical (unpaired) electrons. The maximum atomic E-state index is 13.1. The normalized spacial score (nSPS) is 14.1. The number of hydrogen-bond donors (Lipinski definition) is 3. The Bertz CT molecular complexity index is 2000. The molecule has 104 heavy (non-hydrogen) atoms. The second-order valence-electron chi connectivity index (χ2n) is 31.3. The van der Waals surface area contributed by atoms with Crippen molar-refractivity contribution >= 4 is 39.5 Å². The highest BCUT2D eigenvalue weighted by molar-refractivity contribution is 7.47. The summed E-state index contributed by atoms with van der Waals surface area (Å²) in [4.78, 5) is 73.2. The van der Waals surface area contributed by atoms with E-state index in [1.165, 1.54) is 270 Å². The summed E-state index contributed by atoms with van der Waals surface area (Å²) in [5.41, 5.74) is 0. The van der Waals surface area contributed by atoms with E-state index in [4.69, 9.17) is 37.0 Å². The zero-order valence-corrected chi connectivity index (χ0v) is 70.1. The Morgan fingerprint density at radius 3 is 0.731 bits per heavy atom. The van der Waals surface area contributed by atoms with Gasteiger partial charge in [0.05, 0.1) is 26.4 Å². The molecular formula is C85H166O17P2. The van der Waals surface area contributed by atoms with Gasteiger partial charge in [-0.25, -0.2) is 9.13 Å². The second kappa shape index (κ2) is 76.4. The number of ether oxygens (including phenoxy) is 4. The molecule has 0 aromatic heterocycles. The molecule has 0 saturated carbocycles. The van der Waals surface area contributed by atoms with Crippen LogP contribution < -0.4 is 0 Å². The lowest BCUT2D eigenvalue weighted by Gasteiger charge is -2.21. The number of phosphoric ester groups is 2. The van der Waals surface area contributed by atoms with E-state index in [9.17, 15) is 43.2 Å². The Morgan fingerprint density at radius 1 is 0.279 bits per heavy atom. The van der Waals surface area contributed by atoms with Crippen LogP contribution in [0.2, 0.25) is 0 Å². The molecule has 3 unspecified atom stereocenters. The predicted octanol–water partition coefficient (Wildman–Crippen LogP) is 25.8. The van der Waals surface area contributed by atoms with Crippen LogP contribution in [0, 0.1) is 11.8 Å². The first kappa shape index (κ1) is 102. The minimum atomic E-state index is -4.96. The molecule has 0 aliphatic rings. The first-order chi connectivity index (χ1) is 50.4. The van der Waals surface area contributed by atoms with Crippen LogP contribution in [-0.2, 0) is 65.4 Å². The highest BCUT2D eigenvalue weighted by Crippen LogP contribution is 2.45. The minimum absolute atomic E-state index is 0.109. The number of rotatable bonds is 84. The summed E-state index contributed by atoms with van der Waals surface area (Å²) < 4.78 is 68.8. The molecule has 0 spiro atoms. The van der Waals surface area contributed by atoms with Gasteiger partial charge in [-0.05, 0) is 37.5 Å². The topological polar surface area (TPSA) is 237 Å². The molecule has 0 rings (SSSR count). The van der Waals surface area contributed by atoms with Gasteiger partial charge >= 0.3 is 39.5 Å². The van der Waals surface area contributed by atoms with Crippen molar-refractivity contribution in [2.45, 2.75) is 471 Å². The molecule has 618 valence electrons. The van der Waals surface area contributed by atoms with Crippen molar-refractivity contribution in [3.05, 3.63) is 0 Å². The quantitative estimate of drug-likeness (QED) is 0.0222. The fraction of sp³-hybridized carbons (Fsp3) is 0.953. The summed E-state index contributed by atoms with van der Waals surface area (Å²) in [6.45, 7) is 9.74. The number of carbonyl (C=O) groups excluding carboxylic acids is 4. The van der Waals surface area contributed by atoms with Gasteiger partial charge in [-0.2, -0.15) is 0 Å². The van der Waals surface area contributed by atoms with Crippen LogP contribution in [0.25, 0.3) is 0 Å². The van der Waals surface area contributed by atoms with E-state index in [0.717, 1.165) is 102 Å². The molecule has 0 aromatic carbocycles. The van der Waals surface area contributed by atoms with Crippen molar-refractivity contribution in [1.82, 2.24) is 0 Å². The van der Waals surface area contributed by atoms with Crippen LogP contribution in [0.5, 0.6) is 0 Å². The summed E-state index contributed by atoms with van der Waals surface area (Å²) >= 11 is 0. The number of esters is 4. The smallest absolute Gasteiger partial charge is 0.462 e. The summed E-state index contributed by atoms with van der Waals surface area (Å²) in [5.74, 6) is -0.440. The monoisotopic (exact) mass is 1520 g/mol. The van der Waals surface area contributed by atoms with Gasteiger partial charge in [-0.3, -0.25) is 37.3 Å². The lowest BCUT2D eigenvalue weighted by atomic mass is 9.99. The first-order valence-electron chi connectivity index (χ1n) is 44.0. The zero-order chi connectivity index (χ0) is 76.4. The molecule has 0 amide bonds. The van der Waals surface area contributed by atoms with E-state index in [2.05, 4.69) is 41.5 Å². The van der Waals surface area contributed by atoms with E-state index in [1.807, 2.05) is 0 Å². The van der Waals surface area contributed by atoms with Gasteiger partial charge < -0.3 is 33.8 Å². The molecule has 0 aliphatic heterocycles. The Kier molecular flexibility index (Phi) is 75.0. The zero-order valence-electron chi connectivity index (χ0n) is 68.3. The summed E-state index contributed by atoms with van der Waals surface area (Å²) in [6.07, 6.45) is 67.9. The van der Waals surface area contributed by atoms with Crippen molar-refractivity contribution in [2.24, 2.45) is 11.8 Å². The molecule has 0 bridgehead atoms. The SMILES string of the molecule is CCCCCCCCCCCCCCCCCCC(=O)O[C@H](COC(=O)CCCCCCCCCCCC)COP(=O)(O)OC[C@H](O)COP(=O)(O)OC[C@@H](COC(=O)CCCCCCCCCCCCCCCC(C)C)OC(=O)CCCCCCCCCCCCCCCCCCCCC(C)CC. The first-order valence-corrected chi connectivity index (χ1v) is 47.0. The fourth-order valence-electron chi connectivity index (χ4n) is 13.2. The number of phosphoric acid groups is 2. The van der Waals surface area contributed by atoms with E-state index >= 15 is 0 Å². The molecular weight excluding hydrogens is 1350 g/mol. The highest BCUT2D eigenvalue weighted by Gasteiger charge is 2.30. The maximum Gasteiger partial charge on any atom is 0.472 e. The maximum absolute atomic E-state index is 13.1. The second-order valence-corrected chi connectivity index (χ2v) is 34.2. The number of hydrogen-bond acceptors (Lipinski definition) is 15. The number of aliphatic hydroxyl groups excluding tert-OH is 1. The summed E-state index contributed by atoms with van der Waals surface area (Å²) in [5, 5.41) is 10.7. The lowest BCUT2D eigenvalue weighted by Crippen LogP contribution is -2.30. The molecule has 0 aliphatic carbocycles. The van der Waals surface area contributed by atoms with Crippen molar-refractivity contribution in [2.75, 3.05) is 39.6 Å². The molecule has 19 heteroatoms. The largest absolute Gasteiger partial charge is 0.472 e. The van der Waals surface area contributed by atoms with Crippen LogP contribution in [-0.4, -0.2) is 96.7 Å². The van der Waals surface area contributed by atoms with E-state index in [-0.39, 0.29) is 25.7 Å². The van der Waals surface area contributed by atoms with Crippen LogP contribution in [0.1, 0.15) is 452 Å².